The fraction of sp³-hybridized carbons (Fsp3) is 0.174. The van der Waals surface area contributed by atoms with Crippen LogP contribution in [-0.4, -0.2) is 17.5 Å². The van der Waals surface area contributed by atoms with Gasteiger partial charge in [-0.25, -0.2) is 5.43 Å². The summed E-state index contributed by atoms with van der Waals surface area (Å²) >= 11 is 1.62. The van der Waals surface area contributed by atoms with Gasteiger partial charge >= 0.3 is 0 Å². The Labute approximate surface area is 179 Å². The number of para-hydroxylation sites is 1. The van der Waals surface area contributed by atoms with Gasteiger partial charge in [0.15, 0.2) is 0 Å². The van der Waals surface area contributed by atoms with E-state index in [2.05, 4.69) is 34.2 Å². The van der Waals surface area contributed by atoms with Crippen LogP contribution in [0.3, 0.4) is 0 Å². The number of amides is 2. The van der Waals surface area contributed by atoms with Crippen molar-refractivity contribution >= 4 is 45.6 Å². The highest BCUT2D eigenvalue weighted by atomic mass is 32.2. The Balaban J connectivity index is 1.71. The zero-order valence-electron chi connectivity index (χ0n) is 16.8. The fourth-order valence-electron chi connectivity index (χ4n) is 3.41. The van der Waals surface area contributed by atoms with Crippen LogP contribution in [0.2, 0.25) is 0 Å². The summed E-state index contributed by atoms with van der Waals surface area (Å²) in [6.45, 7) is 3.56. The smallest absolute Gasteiger partial charge is 0.275 e. The Hall–Kier alpha value is -3.32. The minimum atomic E-state index is -0.180. The molecule has 0 aliphatic carbocycles. The van der Waals surface area contributed by atoms with Gasteiger partial charge in [0.25, 0.3) is 5.91 Å². The first-order valence-corrected chi connectivity index (χ1v) is 10.6. The monoisotopic (exact) mass is 418 g/mol. The summed E-state index contributed by atoms with van der Waals surface area (Å²) in [6, 6.07) is 15.7. The molecule has 2 aliphatic heterocycles. The maximum Gasteiger partial charge on any atom is 0.275 e. The molecule has 0 fully saturated rings. The molecule has 0 spiro atoms. The Morgan fingerprint density at radius 3 is 2.63 bits per heavy atom. The van der Waals surface area contributed by atoms with E-state index in [-0.39, 0.29) is 11.8 Å². The molecular formula is C23H22N4O2S. The van der Waals surface area contributed by atoms with E-state index >= 15 is 0 Å². The van der Waals surface area contributed by atoms with Crippen molar-refractivity contribution < 1.29 is 9.59 Å². The first-order valence-electron chi connectivity index (χ1n) is 9.80. The fourth-order valence-corrected chi connectivity index (χ4v) is 4.40. The van der Waals surface area contributed by atoms with Gasteiger partial charge in [0.2, 0.25) is 5.91 Å². The normalized spacial score (nSPS) is 17.5. The molecule has 30 heavy (non-hydrogen) atoms. The number of carbonyl (C=O) groups excluding carboxylic acids is 2. The van der Waals surface area contributed by atoms with Crippen molar-refractivity contribution in [2.75, 3.05) is 10.6 Å². The number of benzene rings is 2. The van der Waals surface area contributed by atoms with E-state index in [1.807, 2.05) is 48.5 Å². The lowest BCUT2D eigenvalue weighted by atomic mass is 10.0. The molecule has 0 bridgehead atoms. The van der Waals surface area contributed by atoms with Crippen LogP contribution in [0, 0.1) is 0 Å². The van der Waals surface area contributed by atoms with Gasteiger partial charge in [-0.3, -0.25) is 9.59 Å². The SMILES string of the molecule is CCCC1=NNC(=O)C1=C1C=C(Sc2ccc(NC(C)=O)cc2)c2ccccc2N1. The highest BCUT2D eigenvalue weighted by Gasteiger charge is 2.28. The molecule has 2 aliphatic rings. The van der Waals surface area contributed by atoms with Gasteiger partial charge in [0.1, 0.15) is 0 Å². The zero-order chi connectivity index (χ0) is 21.1. The molecule has 7 heteroatoms. The average molecular weight is 419 g/mol. The number of nitrogens with zero attached hydrogens (tertiary/aromatic N) is 1. The molecule has 6 nitrogen and oxygen atoms in total. The quantitative estimate of drug-likeness (QED) is 0.612. The van der Waals surface area contributed by atoms with Gasteiger partial charge in [0.05, 0.1) is 17.0 Å². The zero-order valence-corrected chi connectivity index (χ0v) is 17.6. The summed E-state index contributed by atoms with van der Waals surface area (Å²) < 4.78 is 0. The van der Waals surface area contributed by atoms with Crippen LogP contribution in [-0.2, 0) is 9.59 Å². The summed E-state index contributed by atoms with van der Waals surface area (Å²) in [6.07, 6.45) is 3.66. The Morgan fingerprint density at radius 1 is 1.13 bits per heavy atom. The van der Waals surface area contributed by atoms with Crippen molar-refractivity contribution in [3.05, 3.63) is 71.4 Å². The van der Waals surface area contributed by atoms with Gasteiger partial charge in [-0.15, -0.1) is 0 Å². The van der Waals surface area contributed by atoms with Crippen LogP contribution < -0.4 is 16.1 Å². The van der Waals surface area contributed by atoms with Crippen molar-refractivity contribution in [3.8, 4) is 0 Å². The van der Waals surface area contributed by atoms with E-state index in [0.717, 1.165) is 51.0 Å². The number of fused-ring (bicyclic) bond motifs is 1. The molecule has 2 amide bonds. The molecular weight excluding hydrogens is 396 g/mol. The van der Waals surface area contributed by atoms with Crippen LogP contribution >= 0.6 is 11.8 Å². The van der Waals surface area contributed by atoms with Crippen molar-refractivity contribution in [1.29, 1.82) is 0 Å². The molecule has 0 saturated heterocycles. The molecule has 0 aromatic heterocycles. The number of hydrogen-bond acceptors (Lipinski definition) is 5. The minimum Gasteiger partial charge on any atom is -0.354 e. The maximum atomic E-state index is 12.5. The summed E-state index contributed by atoms with van der Waals surface area (Å²) in [4.78, 5) is 25.8. The largest absolute Gasteiger partial charge is 0.354 e. The van der Waals surface area contributed by atoms with Crippen LogP contribution in [0.5, 0.6) is 0 Å². The van der Waals surface area contributed by atoms with E-state index in [1.165, 1.54) is 6.92 Å². The van der Waals surface area contributed by atoms with Crippen LogP contribution in [0.4, 0.5) is 11.4 Å². The molecule has 0 saturated carbocycles. The number of anilines is 2. The van der Waals surface area contributed by atoms with Crippen molar-refractivity contribution in [2.45, 2.75) is 31.6 Å². The molecule has 2 heterocycles. The lowest BCUT2D eigenvalue weighted by Gasteiger charge is -2.22. The molecule has 0 radical (unpaired) electrons. The summed E-state index contributed by atoms with van der Waals surface area (Å²) in [5, 5.41) is 10.4. The summed E-state index contributed by atoms with van der Waals surface area (Å²) in [7, 11) is 0. The van der Waals surface area contributed by atoms with Crippen LogP contribution in [0.1, 0.15) is 32.3 Å². The van der Waals surface area contributed by atoms with E-state index in [9.17, 15) is 9.59 Å². The summed E-state index contributed by atoms with van der Waals surface area (Å²) in [5.74, 6) is -0.276. The third-order valence-electron chi connectivity index (χ3n) is 4.70. The van der Waals surface area contributed by atoms with Gasteiger partial charge in [-0.1, -0.05) is 43.3 Å². The van der Waals surface area contributed by atoms with E-state index in [0.29, 0.717) is 5.57 Å². The maximum absolute atomic E-state index is 12.5. The number of allylic oxidation sites excluding steroid dienone is 1. The minimum absolute atomic E-state index is 0.0963. The predicted octanol–water partition coefficient (Wildman–Crippen LogP) is 4.74. The second-order valence-corrected chi connectivity index (χ2v) is 8.14. The molecule has 3 N–H and O–H groups in total. The highest BCUT2D eigenvalue weighted by Crippen LogP contribution is 2.42. The van der Waals surface area contributed by atoms with Crippen molar-refractivity contribution in [3.63, 3.8) is 0 Å². The molecule has 4 rings (SSSR count). The van der Waals surface area contributed by atoms with Crippen molar-refractivity contribution in [2.24, 2.45) is 5.10 Å². The lowest BCUT2D eigenvalue weighted by molar-refractivity contribution is -0.116. The average Bonchev–Trinajstić information content (AvgIpc) is 3.09. The van der Waals surface area contributed by atoms with Gasteiger partial charge in [0, 0.05) is 33.7 Å². The van der Waals surface area contributed by atoms with Gasteiger partial charge in [-0.2, -0.15) is 5.10 Å². The van der Waals surface area contributed by atoms with E-state index < -0.39 is 0 Å². The van der Waals surface area contributed by atoms with Crippen LogP contribution in [0.15, 0.2) is 75.9 Å². The topological polar surface area (TPSA) is 82.6 Å². The van der Waals surface area contributed by atoms with Gasteiger partial charge < -0.3 is 10.6 Å². The number of hydrazone groups is 1. The second kappa shape index (κ2) is 8.59. The Kier molecular flexibility index (Phi) is 5.72. The Bertz CT molecular complexity index is 1100. The second-order valence-electron chi connectivity index (χ2n) is 7.02. The van der Waals surface area contributed by atoms with E-state index in [4.69, 9.17) is 0 Å². The van der Waals surface area contributed by atoms with E-state index in [1.54, 1.807) is 11.8 Å². The standard InChI is InChI=1S/C23H22N4O2S/c1-3-6-19-22(23(29)27-26-19)20-13-21(17-7-4-5-8-18(17)25-20)30-16-11-9-15(10-12-16)24-14(2)28/h4-5,7-13,25H,3,6H2,1-2H3,(H,24,28)(H,27,29). The lowest BCUT2D eigenvalue weighted by Crippen LogP contribution is -2.19. The molecule has 0 atom stereocenters. The number of hydrogen-bond donors (Lipinski definition) is 3. The van der Waals surface area contributed by atoms with Gasteiger partial charge in [-0.05, 0) is 42.8 Å². The summed E-state index contributed by atoms with van der Waals surface area (Å²) in [5.41, 5.74) is 7.52. The molecule has 2 aromatic rings. The number of rotatable bonds is 5. The Morgan fingerprint density at radius 2 is 1.90 bits per heavy atom. The highest BCUT2D eigenvalue weighted by molar-refractivity contribution is 8.08. The van der Waals surface area contributed by atoms with Crippen molar-refractivity contribution in [1.82, 2.24) is 5.43 Å². The number of nitrogens with one attached hydrogen (secondary N) is 3. The molecule has 2 aromatic carbocycles. The third kappa shape index (κ3) is 4.16. The number of thioether (sulfide) groups is 1. The third-order valence-corrected chi connectivity index (χ3v) is 5.77. The first-order chi connectivity index (χ1) is 14.5. The molecule has 0 unspecified atom stereocenters. The predicted molar refractivity (Wildman–Crippen MR) is 122 cm³/mol. The number of carbonyl (C=O) groups is 2. The first kappa shape index (κ1) is 20.0. The van der Waals surface area contributed by atoms with Crippen LogP contribution in [0.25, 0.3) is 4.91 Å². The molecule has 152 valence electrons.